The zero-order valence-corrected chi connectivity index (χ0v) is 9.83. The number of nitrogens with one attached hydrogen (secondary N) is 1. The second-order valence-corrected chi connectivity index (χ2v) is 3.80. The first-order valence-electron chi connectivity index (χ1n) is 4.05. The Bertz CT molecular complexity index is 384. The van der Waals surface area contributed by atoms with Gasteiger partial charge < -0.3 is 10.1 Å². The van der Waals surface area contributed by atoms with Crippen LogP contribution in [-0.4, -0.2) is 12.7 Å². The molecule has 1 aromatic rings. The van der Waals surface area contributed by atoms with Crippen molar-refractivity contribution < 1.29 is 9.53 Å². The number of hydrogen-bond donors (Lipinski definition) is 1. The van der Waals surface area contributed by atoms with Crippen LogP contribution in [0.4, 0.5) is 4.79 Å². The van der Waals surface area contributed by atoms with Crippen LogP contribution in [-0.2, 0) is 4.74 Å². The quantitative estimate of drug-likeness (QED) is 0.849. The monoisotopic (exact) mass is 267 g/mol. The summed E-state index contributed by atoms with van der Waals surface area (Å²) >= 11 is 11.7. The normalized spacial score (nSPS) is 19.1. The number of carbonyl (C=O) groups is 1. The molecule has 0 unspecified atom stereocenters. The summed E-state index contributed by atoms with van der Waals surface area (Å²) in [5.74, 6) is 0. The number of benzene rings is 1. The van der Waals surface area contributed by atoms with Gasteiger partial charge in [-0.25, -0.2) is 4.79 Å². The average Bonchev–Trinajstić information content (AvgIpc) is 2.51. The lowest BCUT2D eigenvalue weighted by Gasteiger charge is -2.09. The third-order valence-electron chi connectivity index (χ3n) is 2.01. The molecular weight excluding hydrogens is 260 g/mol. The van der Waals surface area contributed by atoms with Gasteiger partial charge in [0, 0.05) is 10.0 Å². The van der Waals surface area contributed by atoms with E-state index in [4.69, 9.17) is 27.9 Å². The van der Waals surface area contributed by atoms with Gasteiger partial charge in [0.05, 0.1) is 6.04 Å². The van der Waals surface area contributed by atoms with Gasteiger partial charge in [0.2, 0.25) is 0 Å². The SMILES string of the molecule is Cl.O=C1N[C@H](c2ccc(Cl)cc2Cl)CO1. The van der Waals surface area contributed by atoms with Crippen molar-refractivity contribution >= 4 is 41.7 Å². The number of alkyl carbamates (subject to hydrolysis) is 1. The van der Waals surface area contributed by atoms with E-state index in [1.165, 1.54) is 0 Å². The molecule has 1 aromatic carbocycles. The molecule has 1 atom stereocenters. The van der Waals surface area contributed by atoms with Crippen molar-refractivity contribution in [2.45, 2.75) is 6.04 Å². The minimum Gasteiger partial charge on any atom is -0.447 e. The highest BCUT2D eigenvalue weighted by molar-refractivity contribution is 6.35. The predicted molar refractivity (Wildman–Crippen MR) is 60.9 cm³/mol. The van der Waals surface area contributed by atoms with E-state index in [1.807, 2.05) is 0 Å². The summed E-state index contributed by atoms with van der Waals surface area (Å²) in [5, 5.41) is 3.75. The van der Waals surface area contributed by atoms with Crippen molar-refractivity contribution in [2.75, 3.05) is 6.61 Å². The van der Waals surface area contributed by atoms with Crippen LogP contribution in [0.15, 0.2) is 18.2 Å². The maximum Gasteiger partial charge on any atom is 0.407 e. The van der Waals surface area contributed by atoms with Crippen LogP contribution in [0.3, 0.4) is 0 Å². The van der Waals surface area contributed by atoms with E-state index in [1.54, 1.807) is 18.2 Å². The summed E-state index contributed by atoms with van der Waals surface area (Å²) in [6.07, 6.45) is -0.416. The van der Waals surface area contributed by atoms with E-state index < -0.39 is 6.09 Å². The fourth-order valence-electron chi connectivity index (χ4n) is 1.34. The van der Waals surface area contributed by atoms with Crippen LogP contribution in [0.1, 0.15) is 11.6 Å². The van der Waals surface area contributed by atoms with E-state index in [2.05, 4.69) is 5.32 Å². The summed E-state index contributed by atoms with van der Waals surface area (Å²) < 4.78 is 4.76. The molecule has 1 aliphatic rings. The lowest BCUT2D eigenvalue weighted by Crippen LogP contribution is -2.18. The molecule has 1 heterocycles. The predicted octanol–water partition coefficient (Wildman–Crippen LogP) is 3.20. The van der Waals surface area contributed by atoms with Crippen LogP contribution in [0.5, 0.6) is 0 Å². The Hall–Kier alpha value is -0.640. The summed E-state index contributed by atoms with van der Waals surface area (Å²) in [4.78, 5) is 10.8. The van der Waals surface area contributed by atoms with E-state index in [0.29, 0.717) is 16.7 Å². The minimum absolute atomic E-state index is 0. The smallest absolute Gasteiger partial charge is 0.407 e. The third kappa shape index (κ3) is 2.68. The molecule has 0 aliphatic carbocycles. The molecule has 1 saturated heterocycles. The van der Waals surface area contributed by atoms with Crippen LogP contribution < -0.4 is 5.32 Å². The standard InChI is InChI=1S/C9H7Cl2NO2.ClH/c10-5-1-2-6(7(11)3-5)8-4-14-9(13)12-8;/h1-3,8H,4H2,(H,12,13);1H/t8-;/m0./s1. The highest BCUT2D eigenvalue weighted by Crippen LogP contribution is 2.28. The van der Waals surface area contributed by atoms with Gasteiger partial charge in [-0.1, -0.05) is 29.3 Å². The van der Waals surface area contributed by atoms with Crippen LogP contribution in [0, 0.1) is 0 Å². The molecule has 2 rings (SSSR count). The largest absolute Gasteiger partial charge is 0.447 e. The molecule has 1 aliphatic heterocycles. The van der Waals surface area contributed by atoms with Crippen molar-refractivity contribution in [1.82, 2.24) is 5.32 Å². The van der Waals surface area contributed by atoms with E-state index in [9.17, 15) is 4.79 Å². The first kappa shape index (κ1) is 12.4. The Balaban J connectivity index is 0.00000112. The summed E-state index contributed by atoms with van der Waals surface area (Å²) in [6, 6.07) is 4.98. The van der Waals surface area contributed by atoms with Crippen LogP contribution in [0.2, 0.25) is 10.0 Å². The Morgan fingerprint density at radius 3 is 2.67 bits per heavy atom. The highest BCUT2D eigenvalue weighted by Gasteiger charge is 2.25. The van der Waals surface area contributed by atoms with E-state index in [-0.39, 0.29) is 18.4 Å². The van der Waals surface area contributed by atoms with Gasteiger partial charge >= 0.3 is 6.09 Å². The molecule has 0 spiro atoms. The molecule has 1 fully saturated rings. The van der Waals surface area contributed by atoms with Gasteiger partial charge in [-0.3, -0.25) is 0 Å². The number of ether oxygens (including phenoxy) is 1. The molecule has 15 heavy (non-hydrogen) atoms. The molecular formula is C9H8Cl3NO2. The van der Waals surface area contributed by atoms with Gasteiger partial charge in [0.1, 0.15) is 6.61 Å². The maximum absolute atomic E-state index is 10.8. The van der Waals surface area contributed by atoms with Crippen molar-refractivity contribution in [3.8, 4) is 0 Å². The zero-order valence-electron chi connectivity index (χ0n) is 7.50. The topological polar surface area (TPSA) is 38.3 Å². The minimum atomic E-state index is -0.416. The number of cyclic esters (lactones) is 1. The summed E-state index contributed by atoms with van der Waals surface area (Å²) in [5.41, 5.74) is 0.821. The molecule has 0 saturated carbocycles. The van der Waals surface area contributed by atoms with Crippen molar-refractivity contribution in [3.63, 3.8) is 0 Å². The van der Waals surface area contributed by atoms with Crippen LogP contribution >= 0.6 is 35.6 Å². The first-order chi connectivity index (χ1) is 6.66. The number of amides is 1. The number of carbonyl (C=O) groups excluding carboxylic acids is 1. The number of hydrogen-bond acceptors (Lipinski definition) is 2. The molecule has 82 valence electrons. The Kier molecular flexibility index (Phi) is 4.08. The summed E-state index contributed by atoms with van der Waals surface area (Å²) in [7, 11) is 0. The lowest BCUT2D eigenvalue weighted by atomic mass is 10.1. The fourth-order valence-corrected chi connectivity index (χ4v) is 1.88. The molecule has 1 N–H and O–H groups in total. The molecule has 6 heteroatoms. The summed E-state index contributed by atoms with van der Waals surface area (Å²) in [6.45, 7) is 0.306. The highest BCUT2D eigenvalue weighted by atomic mass is 35.5. The zero-order chi connectivity index (χ0) is 10.1. The average molecular weight is 269 g/mol. The molecule has 0 aromatic heterocycles. The van der Waals surface area contributed by atoms with Gasteiger partial charge in [-0.2, -0.15) is 0 Å². The maximum atomic E-state index is 10.8. The molecule has 0 radical (unpaired) electrons. The molecule has 3 nitrogen and oxygen atoms in total. The Morgan fingerprint density at radius 1 is 1.40 bits per heavy atom. The van der Waals surface area contributed by atoms with Gasteiger partial charge in [-0.15, -0.1) is 12.4 Å². The van der Waals surface area contributed by atoms with Gasteiger partial charge in [0.25, 0.3) is 0 Å². The second-order valence-electron chi connectivity index (χ2n) is 2.96. The Labute approximate surface area is 103 Å². The van der Waals surface area contributed by atoms with E-state index >= 15 is 0 Å². The van der Waals surface area contributed by atoms with Gasteiger partial charge in [0.15, 0.2) is 0 Å². The molecule has 1 amide bonds. The number of halogens is 3. The first-order valence-corrected chi connectivity index (χ1v) is 4.80. The number of rotatable bonds is 1. The molecule has 0 bridgehead atoms. The van der Waals surface area contributed by atoms with E-state index in [0.717, 1.165) is 5.56 Å². The van der Waals surface area contributed by atoms with Crippen molar-refractivity contribution in [1.29, 1.82) is 0 Å². The van der Waals surface area contributed by atoms with Crippen molar-refractivity contribution in [2.24, 2.45) is 0 Å². The third-order valence-corrected chi connectivity index (χ3v) is 2.57. The fraction of sp³-hybridized carbons (Fsp3) is 0.222. The lowest BCUT2D eigenvalue weighted by molar-refractivity contribution is 0.177. The van der Waals surface area contributed by atoms with Gasteiger partial charge in [-0.05, 0) is 17.7 Å². The second kappa shape index (κ2) is 4.92. The Morgan fingerprint density at radius 2 is 2.13 bits per heavy atom. The van der Waals surface area contributed by atoms with Crippen molar-refractivity contribution in [3.05, 3.63) is 33.8 Å². The van der Waals surface area contributed by atoms with Crippen LogP contribution in [0.25, 0.3) is 0 Å².